The van der Waals surface area contributed by atoms with Gasteiger partial charge in [-0.2, -0.15) is 0 Å². The van der Waals surface area contributed by atoms with E-state index in [1.807, 2.05) is 12.1 Å². The molecule has 0 saturated carbocycles. The van der Waals surface area contributed by atoms with Gasteiger partial charge < -0.3 is 15.1 Å². The molecule has 0 aliphatic heterocycles. The molecule has 0 atom stereocenters. The molecular weight excluding hydrogens is 330 g/mol. The summed E-state index contributed by atoms with van der Waals surface area (Å²) in [4.78, 5) is 11.5. The minimum absolute atomic E-state index is 0.0228. The zero-order valence-corrected chi connectivity index (χ0v) is 13.7. The van der Waals surface area contributed by atoms with Gasteiger partial charge in [0.05, 0.1) is 19.1 Å². The molecule has 0 bridgehead atoms. The lowest BCUT2D eigenvalue weighted by atomic mass is 9.94. The van der Waals surface area contributed by atoms with Crippen LogP contribution in [0.2, 0.25) is 5.02 Å². The lowest BCUT2D eigenvalue weighted by Gasteiger charge is -2.12. The molecule has 2 N–H and O–H groups in total. The Morgan fingerprint density at radius 3 is 2.33 bits per heavy atom. The maximum absolute atomic E-state index is 11.5. The highest BCUT2D eigenvalue weighted by molar-refractivity contribution is 6.30. The van der Waals surface area contributed by atoms with Crippen molar-refractivity contribution in [2.75, 3.05) is 7.11 Å². The summed E-state index contributed by atoms with van der Waals surface area (Å²) in [6.07, 6.45) is 1.48. The zero-order chi connectivity index (χ0) is 17.5. The Kier molecular flexibility index (Phi) is 5.98. The summed E-state index contributed by atoms with van der Waals surface area (Å²) in [5, 5.41) is 22.8. The summed E-state index contributed by atoms with van der Waals surface area (Å²) in [5.41, 5.74) is 2.13. The van der Waals surface area contributed by atoms with Crippen LogP contribution in [0, 0.1) is 0 Å². The van der Waals surface area contributed by atoms with Gasteiger partial charge in [0, 0.05) is 22.6 Å². The number of nitrogens with zero attached hydrogens (tertiary/aromatic N) is 1. The maximum Gasteiger partial charge on any atom is 0.339 e. The second-order valence-corrected chi connectivity index (χ2v) is 5.40. The molecule has 0 fully saturated rings. The number of methoxy groups -OCH3 is 1. The third kappa shape index (κ3) is 4.14. The molecule has 2 aromatic carbocycles. The summed E-state index contributed by atoms with van der Waals surface area (Å²) >= 11 is 5.87. The fourth-order valence-electron chi connectivity index (χ4n) is 2.30. The van der Waals surface area contributed by atoms with Crippen molar-refractivity contribution in [3.8, 4) is 0 Å². The van der Waals surface area contributed by atoms with Crippen molar-refractivity contribution in [2.24, 2.45) is 5.16 Å². The predicted molar refractivity (Wildman–Crippen MR) is 92.5 cm³/mol. The van der Waals surface area contributed by atoms with E-state index in [4.69, 9.17) is 16.3 Å². The molecule has 2 rings (SSSR count). The number of rotatable bonds is 6. The zero-order valence-electron chi connectivity index (χ0n) is 12.9. The fraction of sp³-hybridized carbons (Fsp3) is 0.111. The summed E-state index contributed by atoms with van der Waals surface area (Å²) < 4.78 is 4.86. The van der Waals surface area contributed by atoms with Gasteiger partial charge in [0.2, 0.25) is 0 Å². The third-order valence-electron chi connectivity index (χ3n) is 3.40. The quantitative estimate of drug-likeness (QED) is 0.274. The molecule has 124 valence electrons. The van der Waals surface area contributed by atoms with Gasteiger partial charge in [0.15, 0.2) is 0 Å². The molecule has 0 unspecified atom stereocenters. The smallest absolute Gasteiger partial charge is 0.339 e. The van der Waals surface area contributed by atoms with Crippen molar-refractivity contribution >= 4 is 28.9 Å². The molecule has 5 nitrogen and oxygen atoms in total. The monoisotopic (exact) mass is 345 g/mol. The van der Waals surface area contributed by atoms with Gasteiger partial charge in [-0.15, -0.1) is 0 Å². The van der Waals surface area contributed by atoms with E-state index >= 15 is 0 Å². The third-order valence-corrected chi connectivity index (χ3v) is 3.65. The summed E-state index contributed by atoms with van der Waals surface area (Å²) in [6.45, 7) is 0. The number of hydrogen-bond donors (Lipinski definition) is 2. The van der Waals surface area contributed by atoms with Crippen molar-refractivity contribution < 1.29 is 19.8 Å². The van der Waals surface area contributed by atoms with Crippen LogP contribution in [0.5, 0.6) is 0 Å². The van der Waals surface area contributed by atoms with E-state index in [2.05, 4.69) is 5.16 Å². The normalized spacial score (nSPS) is 12.1. The minimum Gasteiger partial charge on any atom is -0.503 e. The lowest BCUT2D eigenvalue weighted by molar-refractivity contribution is -0.130. The molecule has 0 amide bonds. The standard InChI is InChI=1S/C18H16ClNO4/c1-24-11-16(18(21)22)14-4-2-3-5-15(14)17(20-23)10-12-6-8-13(19)9-7-12/h2-9,11,23H,10H2,1H3,(H,21,22). The molecule has 0 aliphatic carbocycles. The molecule has 0 radical (unpaired) electrons. The van der Waals surface area contributed by atoms with Crippen LogP contribution in [0.3, 0.4) is 0 Å². The Labute approximate surface area is 144 Å². The van der Waals surface area contributed by atoms with Gasteiger partial charge in [0.25, 0.3) is 0 Å². The van der Waals surface area contributed by atoms with E-state index in [1.165, 1.54) is 7.11 Å². The predicted octanol–water partition coefficient (Wildman–Crippen LogP) is 3.83. The molecule has 6 heteroatoms. The maximum atomic E-state index is 11.5. The first-order valence-corrected chi connectivity index (χ1v) is 7.46. The van der Waals surface area contributed by atoms with Crippen LogP contribution in [0.25, 0.3) is 5.57 Å². The summed E-state index contributed by atoms with van der Waals surface area (Å²) in [6, 6.07) is 13.9. The van der Waals surface area contributed by atoms with Crippen LogP contribution in [0.15, 0.2) is 59.9 Å². The van der Waals surface area contributed by atoms with E-state index < -0.39 is 5.97 Å². The number of carboxylic acids is 1. The van der Waals surface area contributed by atoms with E-state index in [9.17, 15) is 15.1 Å². The summed E-state index contributed by atoms with van der Waals surface area (Å²) in [7, 11) is 1.38. The minimum atomic E-state index is -1.13. The van der Waals surface area contributed by atoms with Crippen molar-refractivity contribution in [3.63, 3.8) is 0 Å². The van der Waals surface area contributed by atoms with Gasteiger partial charge in [-0.25, -0.2) is 4.79 Å². The average Bonchev–Trinajstić information content (AvgIpc) is 2.59. The Balaban J connectivity index is 2.44. The van der Waals surface area contributed by atoms with Crippen LogP contribution in [0.4, 0.5) is 0 Å². The topological polar surface area (TPSA) is 79.1 Å². The molecule has 24 heavy (non-hydrogen) atoms. The number of halogens is 1. The largest absolute Gasteiger partial charge is 0.503 e. The number of hydrogen-bond acceptors (Lipinski definition) is 4. The second-order valence-electron chi connectivity index (χ2n) is 4.97. The first-order valence-electron chi connectivity index (χ1n) is 7.08. The molecule has 0 heterocycles. The molecule has 0 spiro atoms. The van der Waals surface area contributed by atoms with Crippen LogP contribution < -0.4 is 0 Å². The van der Waals surface area contributed by atoms with Crippen LogP contribution in [0.1, 0.15) is 16.7 Å². The Morgan fingerprint density at radius 1 is 1.17 bits per heavy atom. The van der Waals surface area contributed by atoms with Crippen LogP contribution in [-0.4, -0.2) is 29.1 Å². The molecule has 2 aromatic rings. The molecule has 0 aliphatic rings. The molecular formula is C18H16ClNO4. The first-order chi connectivity index (χ1) is 11.6. The van der Waals surface area contributed by atoms with Crippen molar-refractivity contribution in [1.82, 2.24) is 0 Å². The highest BCUT2D eigenvalue weighted by atomic mass is 35.5. The van der Waals surface area contributed by atoms with E-state index in [0.29, 0.717) is 28.3 Å². The number of oxime groups is 1. The summed E-state index contributed by atoms with van der Waals surface area (Å²) in [5.74, 6) is -1.13. The number of benzene rings is 2. The SMILES string of the molecule is COC=C(C(=O)O)c1ccccc1C(Cc1ccc(Cl)cc1)=NO. The molecule has 0 aromatic heterocycles. The lowest BCUT2D eigenvalue weighted by Crippen LogP contribution is -2.11. The van der Waals surface area contributed by atoms with Crippen molar-refractivity contribution in [3.05, 3.63) is 76.5 Å². The highest BCUT2D eigenvalue weighted by Crippen LogP contribution is 2.22. The first kappa shape index (κ1) is 17.6. The van der Waals surface area contributed by atoms with E-state index in [-0.39, 0.29) is 5.57 Å². The van der Waals surface area contributed by atoms with Gasteiger partial charge in [-0.1, -0.05) is 53.2 Å². The van der Waals surface area contributed by atoms with Crippen molar-refractivity contribution in [2.45, 2.75) is 6.42 Å². The van der Waals surface area contributed by atoms with Crippen LogP contribution >= 0.6 is 11.6 Å². The fourth-order valence-corrected chi connectivity index (χ4v) is 2.42. The van der Waals surface area contributed by atoms with Gasteiger partial charge >= 0.3 is 5.97 Å². The number of aliphatic carboxylic acids is 1. The van der Waals surface area contributed by atoms with E-state index in [1.54, 1.807) is 36.4 Å². The van der Waals surface area contributed by atoms with E-state index in [0.717, 1.165) is 11.8 Å². The number of carboxylic acid groups (broad SMARTS) is 1. The Bertz CT molecular complexity index is 782. The highest BCUT2D eigenvalue weighted by Gasteiger charge is 2.18. The Morgan fingerprint density at radius 2 is 1.79 bits per heavy atom. The van der Waals surface area contributed by atoms with Gasteiger partial charge in [-0.05, 0) is 17.7 Å². The average molecular weight is 346 g/mol. The van der Waals surface area contributed by atoms with Crippen molar-refractivity contribution in [1.29, 1.82) is 0 Å². The van der Waals surface area contributed by atoms with Crippen LogP contribution in [-0.2, 0) is 16.0 Å². The number of ether oxygens (including phenoxy) is 1. The van der Waals surface area contributed by atoms with Gasteiger partial charge in [0.1, 0.15) is 5.57 Å². The second kappa shape index (κ2) is 8.17. The Hall–Kier alpha value is -2.79. The number of carbonyl (C=O) groups is 1. The van der Waals surface area contributed by atoms with Gasteiger partial charge in [-0.3, -0.25) is 0 Å². The molecule has 0 saturated heterocycles.